The van der Waals surface area contributed by atoms with Crippen LogP contribution in [0.2, 0.25) is 0 Å². The summed E-state index contributed by atoms with van der Waals surface area (Å²) in [6, 6.07) is 3.13. The van der Waals surface area contributed by atoms with Gasteiger partial charge >= 0.3 is 6.03 Å². The second-order valence-corrected chi connectivity index (χ2v) is 6.59. The molecule has 25 heavy (non-hydrogen) atoms. The number of carbonyl (C=O) groups is 2. The van der Waals surface area contributed by atoms with Crippen LogP contribution in [0.1, 0.15) is 30.7 Å². The molecular formula is C17H20FN5O2. The van der Waals surface area contributed by atoms with Crippen LogP contribution in [0.5, 0.6) is 0 Å². The zero-order valence-corrected chi connectivity index (χ0v) is 14.0. The van der Waals surface area contributed by atoms with Gasteiger partial charge < -0.3 is 5.32 Å². The fourth-order valence-electron chi connectivity index (χ4n) is 3.74. The molecule has 2 aromatic rings. The topological polar surface area (TPSA) is 79.3 Å². The summed E-state index contributed by atoms with van der Waals surface area (Å²) in [5.41, 5.74) is 1.11. The Balaban J connectivity index is 1.77. The highest BCUT2D eigenvalue weighted by atomic mass is 19.1. The number of amides is 3. The predicted octanol–water partition coefficient (Wildman–Crippen LogP) is 1.63. The van der Waals surface area contributed by atoms with E-state index in [0.717, 1.165) is 25.9 Å². The number of carbonyl (C=O) groups excluding carboxylic acids is 2. The molecule has 8 heteroatoms. The Hall–Kier alpha value is -2.48. The van der Waals surface area contributed by atoms with Gasteiger partial charge in [0.2, 0.25) is 5.91 Å². The maximum atomic E-state index is 15.2. The maximum Gasteiger partial charge on any atom is 0.329 e. The number of aromatic nitrogens is 2. The van der Waals surface area contributed by atoms with E-state index in [1.165, 1.54) is 9.58 Å². The Bertz CT molecular complexity index is 856. The molecule has 7 nitrogen and oxygen atoms in total. The van der Waals surface area contributed by atoms with E-state index in [2.05, 4.69) is 15.7 Å². The number of nitrogens with zero attached hydrogens (tertiary/aromatic N) is 3. The van der Waals surface area contributed by atoms with Gasteiger partial charge in [-0.3, -0.25) is 19.7 Å². The number of aryl methyl sites for hydroxylation is 1. The van der Waals surface area contributed by atoms with Gasteiger partial charge in [-0.2, -0.15) is 5.10 Å². The molecule has 2 saturated heterocycles. The number of benzene rings is 1. The number of anilines is 1. The average molecular weight is 345 g/mol. The predicted molar refractivity (Wildman–Crippen MR) is 91.0 cm³/mol. The number of piperidine rings is 1. The van der Waals surface area contributed by atoms with Crippen LogP contribution in [0, 0.1) is 5.82 Å². The smallest absolute Gasteiger partial charge is 0.317 e. The van der Waals surface area contributed by atoms with Gasteiger partial charge in [-0.25, -0.2) is 9.18 Å². The molecule has 1 aromatic carbocycles. The second-order valence-electron chi connectivity index (χ2n) is 6.59. The number of halogens is 1. The van der Waals surface area contributed by atoms with E-state index < -0.39 is 6.03 Å². The molecule has 3 amide bonds. The number of imide groups is 1. The Morgan fingerprint density at radius 1 is 1.24 bits per heavy atom. The third-order valence-corrected chi connectivity index (χ3v) is 5.04. The number of hydrogen-bond donors (Lipinski definition) is 2. The van der Waals surface area contributed by atoms with Crippen LogP contribution in [0.15, 0.2) is 12.1 Å². The van der Waals surface area contributed by atoms with Gasteiger partial charge in [0.1, 0.15) is 5.52 Å². The van der Waals surface area contributed by atoms with Crippen LogP contribution in [0.4, 0.5) is 15.0 Å². The fraction of sp³-hybridized carbons (Fsp3) is 0.471. The number of nitrogens with one attached hydrogen (secondary N) is 2. The Labute approximate surface area is 144 Å². The minimum atomic E-state index is -0.515. The van der Waals surface area contributed by atoms with E-state index >= 15 is 4.39 Å². The van der Waals surface area contributed by atoms with Crippen LogP contribution in [-0.2, 0) is 11.8 Å². The van der Waals surface area contributed by atoms with E-state index in [0.29, 0.717) is 22.3 Å². The highest BCUT2D eigenvalue weighted by Gasteiger charge is 2.30. The summed E-state index contributed by atoms with van der Waals surface area (Å²) >= 11 is 0. The van der Waals surface area contributed by atoms with E-state index in [-0.39, 0.29) is 30.6 Å². The van der Waals surface area contributed by atoms with E-state index in [4.69, 9.17) is 0 Å². The molecule has 2 aliphatic rings. The molecule has 0 aliphatic carbocycles. The standard InChI is InChI=1S/C17H20FN5O2/c1-22-15-12(16(21-22)23-9-6-13(24)20-17(23)25)3-2-11(14(15)18)10-4-7-19-8-5-10/h2-3,10,19H,4-9H2,1H3,(H,20,24,25). The first-order chi connectivity index (χ1) is 12.1. The zero-order chi connectivity index (χ0) is 17.6. The van der Waals surface area contributed by atoms with E-state index in [1.54, 1.807) is 7.05 Å². The van der Waals surface area contributed by atoms with Crippen molar-refractivity contribution < 1.29 is 14.0 Å². The summed E-state index contributed by atoms with van der Waals surface area (Å²) in [6.07, 6.45) is 2.02. The molecule has 1 aromatic heterocycles. The Morgan fingerprint density at radius 2 is 2.00 bits per heavy atom. The first-order valence-corrected chi connectivity index (χ1v) is 8.53. The lowest BCUT2D eigenvalue weighted by Crippen LogP contribution is -2.49. The van der Waals surface area contributed by atoms with Gasteiger partial charge in [0.05, 0.1) is 0 Å². The van der Waals surface area contributed by atoms with Crippen molar-refractivity contribution in [2.45, 2.75) is 25.2 Å². The largest absolute Gasteiger partial charge is 0.329 e. The molecule has 2 N–H and O–H groups in total. The number of hydrogen-bond acceptors (Lipinski definition) is 4. The lowest BCUT2D eigenvalue weighted by molar-refractivity contribution is -0.120. The van der Waals surface area contributed by atoms with E-state index in [9.17, 15) is 9.59 Å². The summed E-state index contributed by atoms with van der Waals surface area (Å²) in [4.78, 5) is 24.8. The molecular weight excluding hydrogens is 325 g/mol. The van der Waals surface area contributed by atoms with Crippen molar-refractivity contribution in [3.8, 4) is 0 Å². The van der Waals surface area contributed by atoms with Crippen molar-refractivity contribution in [1.29, 1.82) is 0 Å². The van der Waals surface area contributed by atoms with Crippen molar-refractivity contribution in [2.24, 2.45) is 7.05 Å². The van der Waals surface area contributed by atoms with Crippen molar-refractivity contribution in [3.05, 3.63) is 23.5 Å². The summed E-state index contributed by atoms with van der Waals surface area (Å²) in [7, 11) is 1.67. The third-order valence-electron chi connectivity index (χ3n) is 5.04. The maximum absolute atomic E-state index is 15.2. The number of fused-ring (bicyclic) bond motifs is 1. The highest BCUT2D eigenvalue weighted by Crippen LogP contribution is 2.35. The SMILES string of the molecule is Cn1nc(N2CCC(=O)NC2=O)c2ccc(C3CCNCC3)c(F)c21. The van der Waals surface area contributed by atoms with Crippen molar-refractivity contribution in [3.63, 3.8) is 0 Å². The molecule has 0 bridgehead atoms. The number of rotatable bonds is 2. The molecule has 2 fully saturated rings. The third kappa shape index (κ3) is 2.66. The lowest BCUT2D eigenvalue weighted by atomic mass is 9.89. The molecule has 3 heterocycles. The molecule has 0 unspecified atom stereocenters. The van der Waals surface area contributed by atoms with Crippen LogP contribution in [-0.4, -0.2) is 41.4 Å². The Kier molecular flexibility index (Phi) is 3.91. The molecule has 132 valence electrons. The molecule has 2 aliphatic heterocycles. The van der Waals surface area contributed by atoms with Gasteiger partial charge in [-0.15, -0.1) is 0 Å². The molecule has 0 radical (unpaired) electrons. The van der Waals surface area contributed by atoms with Gasteiger partial charge in [0.25, 0.3) is 0 Å². The van der Waals surface area contributed by atoms with Crippen LogP contribution >= 0.6 is 0 Å². The van der Waals surface area contributed by atoms with Gasteiger partial charge in [-0.1, -0.05) is 6.07 Å². The first-order valence-electron chi connectivity index (χ1n) is 8.53. The summed E-state index contributed by atoms with van der Waals surface area (Å²) in [5.74, 6) is 0.0122. The molecule has 0 saturated carbocycles. The molecule has 0 atom stereocenters. The normalized spacial score (nSPS) is 19.5. The lowest BCUT2D eigenvalue weighted by Gasteiger charge is -2.25. The fourth-order valence-corrected chi connectivity index (χ4v) is 3.74. The Morgan fingerprint density at radius 3 is 2.72 bits per heavy atom. The van der Waals surface area contributed by atoms with Crippen LogP contribution < -0.4 is 15.5 Å². The van der Waals surface area contributed by atoms with E-state index in [1.807, 2.05) is 12.1 Å². The summed E-state index contributed by atoms with van der Waals surface area (Å²) < 4.78 is 16.7. The van der Waals surface area contributed by atoms with Gasteiger partial charge in [0.15, 0.2) is 11.6 Å². The number of urea groups is 1. The monoisotopic (exact) mass is 345 g/mol. The van der Waals surface area contributed by atoms with Crippen molar-refractivity contribution in [2.75, 3.05) is 24.5 Å². The van der Waals surface area contributed by atoms with Crippen molar-refractivity contribution >= 4 is 28.7 Å². The van der Waals surface area contributed by atoms with Gasteiger partial charge in [0, 0.05) is 25.4 Å². The zero-order valence-electron chi connectivity index (χ0n) is 14.0. The highest BCUT2D eigenvalue weighted by molar-refractivity contribution is 6.08. The molecule has 0 spiro atoms. The van der Waals surface area contributed by atoms with Gasteiger partial charge in [-0.05, 0) is 43.5 Å². The average Bonchev–Trinajstić information content (AvgIpc) is 2.93. The van der Waals surface area contributed by atoms with Crippen LogP contribution in [0.3, 0.4) is 0 Å². The first kappa shape index (κ1) is 16.0. The quantitative estimate of drug-likeness (QED) is 0.867. The summed E-state index contributed by atoms with van der Waals surface area (Å²) in [5, 5.41) is 10.5. The molecule has 4 rings (SSSR count). The summed E-state index contributed by atoms with van der Waals surface area (Å²) in [6.45, 7) is 2.02. The second kappa shape index (κ2) is 6.11. The van der Waals surface area contributed by atoms with Crippen LogP contribution in [0.25, 0.3) is 10.9 Å². The minimum absolute atomic E-state index is 0.194. The van der Waals surface area contributed by atoms with Crippen molar-refractivity contribution in [1.82, 2.24) is 20.4 Å². The minimum Gasteiger partial charge on any atom is -0.317 e.